The molecule has 0 saturated carbocycles. The number of carbonyl (C=O) groups excluding carboxylic acids is 1. The van der Waals surface area contributed by atoms with E-state index in [-0.39, 0.29) is 24.3 Å². The average molecular weight is 515 g/mol. The Morgan fingerprint density at radius 1 is 1.19 bits per heavy atom. The summed E-state index contributed by atoms with van der Waals surface area (Å²) in [7, 11) is 0. The molecule has 2 aromatic heterocycles. The Morgan fingerprint density at radius 3 is 2.64 bits per heavy atom. The average Bonchev–Trinajstić information content (AvgIpc) is 3.47. The molecule has 1 aliphatic heterocycles. The lowest BCUT2D eigenvalue weighted by atomic mass is 10.2. The van der Waals surface area contributed by atoms with Gasteiger partial charge in [0, 0.05) is 29.9 Å². The highest BCUT2D eigenvalue weighted by atomic mass is 35.5. The lowest BCUT2D eigenvalue weighted by Gasteiger charge is -2.28. The molecule has 8 nitrogen and oxygen atoms in total. The van der Waals surface area contributed by atoms with Crippen LogP contribution in [0.2, 0.25) is 5.02 Å². The molecule has 0 aliphatic carbocycles. The predicted molar refractivity (Wildman–Crippen MR) is 141 cm³/mol. The molecule has 0 bridgehead atoms. The van der Waals surface area contributed by atoms with Crippen LogP contribution < -0.4 is 10.3 Å². The molecule has 0 N–H and O–H groups in total. The van der Waals surface area contributed by atoms with Crippen molar-refractivity contribution >= 4 is 23.5 Å². The van der Waals surface area contributed by atoms with Crippen molar-refractivity contribution in [2.75, 3.05) is 13.2 Å². The van der Waals surface area contributed by atoms with Gasteiger partial charge in [0.15, 0.2) is 0 Å². The van der Waals surface area contributed by atoms with Gasteiger partial charge in [-0.1, -0.05) is 43.5 Å². The number of benzene rings is 1. The normalized spacial score (nSPS) is 16.0. The van der Waals surface area contributed by atoms with Crippen LogP contribution in [0.1, 0.15) is 59.8 Å². The van der Waals surface area contributed by atoms with Crippen LogP contribution in [0.25, 0.3) is 17.0 Å². The zero-order valence-corrected chi connectivity index (χ0v) is 22.3. The van der Waals surface area contributed by atoms with Gasteiger partial charge in [0.2, 0.25) is 11.7 Å². The molecule has 1 atom stereocenters. The topological polar surface area (TPSA) is 78.1 Å². The van der Waals surface area contributed by atoms with Crippen molar-refractivity contribution in [3.05, 3.63) is 51.9 Å². The van der Waals surface area contributed by atoms with Gasteiger partial charge >= 0.3 is 6.09 Å². The Labute approximate surface area is 216 Å². The van der Waals surface area contributed by atoms with E-state index in [1.165, 1.54) is 6.07 Å². The van der Waals surface area contributed by atoms with Crippen LogP contribution >= 0.6 is 11.6 Å². The molecule has 0 radical (unpaired) electrons. The number of fused-ring (bicyclic) bond motifs is 1. The van der Waals surface area contributed by atoms with Gasteiger partial charge in [0.05, 0.1) is 17.8 Å². The number of unbranched alkanes of at least 4 members (excludes halogenated alkanes) is 2. The van der Waals surface area contributed by atoms with E-state index in [1.54, 1.807) is 27.6 Å². The Hall–Kier alpha value is -3.00. The first-order chi connectivity index (χ1) is 17.2. The third-order valence-corrected chi connectivity index (χ3v) is 6.49. The number of hydrogen-bond acceptors (Lipinski definition) is 5. The van der Waals surface area contributed by atoms with E-state index in [9.17, 15) is 9.59 Å². The van der Waals surface area contributed by atoms with E-state index in [0.29, 0.717) is 35.5 Å². The highest BCUT2D eigenvalue weighted by Crippen LogP contribution is 2.25. The molecule has 1 amide bonds. The van der Waals surface area contributed by atoms with E-state index in [0.717, 1.165) is 37.7 Å². The first-order valence-electron chi connectivity index (χ1n) is 12.7. The minimum Gasteiger partial charge on any atom is -0.476 e. The summed E-state index contributed by atoms with van der Waals surface area (Å²) in [4.78, 5) is 32.2. The molecule has 3 heterocycles. The SMILES string of the molecule is CCCCCn1c(OCC2CCCN2C(=O)OC(C)(C)C)cc(=O)n2cc(-c3ccc(Cl)cc3)nc12. The van der Waals surface area contributed by atoms with Gasteiger partial charge in [-0.2, -0.15) is 0 Å². The van der Waals surface area contributed by atoms with Crippen molar-refractivity contribution in [2.24, 2.45) is 0 Å². The first kappa shape index (κ1) is 26.1. The summed E-state index contributed by atoms with van der Waals surface area (Å²) in [5, 5.41) is 0.643. The summed E-state index contributed by atoms with van der Waals surface area (Å²) in [5.41, 5.74) is 0.800. The molecule has 3 aromatic rings. The minimum absolute atomic E-state index is 0.111. The number of aromatic nitrogens is 3. The summed E-state index contributed by atoms with van der Waals surface area (Å²) in [6.45, 7) is 9.32. The molecule has 1 aromatic carbocycles. The van der Waals surface area contributed by atoms with E-state index in [2.05, 4.69) is 6.92 Å². The highest BCUT2D eigenvalue weighted by Gasteiger charge is 2.33. The summed E-state index contributed by atoms with van der Waals surface area (Å²) in [5.74, 6) is 1.00. The molecular weight excluding hydrogens is 480 g/mol. The van der Waals surface area contributed by atoms with Crippen LogP contribution in [-0.4, -0.2) is 49.7 Å². The van der Waals surface area contributed by atoms with Crippen molar-refractivity contribution in [1.82, 2.24) is 18.9 Å². The van der Waals surface area contributed by atoms with Gasteiger partial charge in [-0.3, -0.25) is 13.8 Å². The third-order valence-electron chi connectivity index (χ3n) is 6.23. The van der Waals surface area contributed by atoms with E-state index < -0.39 is 5.60 Å². The van der Waals surface area contributed by atoms with Gasteiger partial charge < -0.3 is 14.4 Å². The number of rotatable bonds is 8. The maximum Gasteiger partial charge on any atom is 0.410 e. The van der Waals surface area contributed by atoms with Crippen molar-refractivity contribution in [3.63, 3.8) is 0 Å². The van der Waals surface area contributed by atoms with Crippen LogP contribution in [0, 0.1) is 0 Å². The van der Waals surface area contributed by atoms with Gasteiger partial charge in [-0.15, -0.1) is 0 Å². The van der Waals surface area contributed by atoms with Crippen LogP contribution in [0.15, 0.2) is 41.3 Å². The lowest BCUT2D eigenvalue weighted by molar-refractivity contribution is 0.0184. The number of aryl methyl sites for hydroxylation is 1. The molecule has 194 valence electrons. The molecule has 1 aliphatic rings. The molecule has 9 heteroatoms. The van der Waals surface area contributed by atoms with E-state index in [1.807, 2.05) is 37.5 Å². The van der Waals surface area contributed by atoms with Gasteiger partial charge in [0.25, 0.3) is 5.56 Å². The molecule has 36 heavy (non-hydrogen) atoms. The Balaban J connectivity index is 1.62. The maximum atomic E-state index is 13.0. The zero-order valence-electron chi connectivity index (χ0n) is 21.5. The van der Waals surface area contributed by atoms with Crippen molar-refractivity contribution < 1.29 is 14.3 Å². The predicted octanol–water partition coefficient (Wildman–Crippen LogP) is 5.78. The summed E-state index contributed by atoms with van der Waals surface area (Å²) in [6, 6.07) is 8.79. The molecule has 0 spiro atoms. The molecule has 1 fully saturated rings. The molecule has 1 saturated heterocycles. The Bertz CT molecular complexity index is 1260. The summed E-state index contributed by atoms with van der Waals surface area (Å²) >= 11 is 6.04. The minimum atomic E-state index is -0.557. The van der Waals surface area contributed by atoms with Gasteiger partial charge in [-0.05, 0) is 52.2 Å². The lowest BCUT2D eigenvalue weighted by Crippen LogP contribution is -2.42. The second-order valence-corrected chi connectivity index (χ2v) is 10.7. The third kappa shape index (κ3) is 6.03. The summed E-state index contributed by atoms with van der Waals surface area (Å²) < 4.78 is 15.3. The number of likely N-dealkylation sites (tertiary alicyclic amines) is 1. The smallest absolute Gasteiger partial charge is 0.410 e. The standard InChI is InChI=1S/C27H35ClN4O4/c1-5-6-7-14-31-24(35-18-21-9-8-15-30(21)26(34)36-27(2,3)4)16-23(33)32-17-22(29-25(31)32)19-10-12-20(28)13-11-19/h10-13,16-17,21H,5-9,14-15,18H2,1-4H3. The second-order valence-electron chi connectivity index (χ2n) is 10.3. The first-order valence-corrected chi connectivity index (χ1v) is 13.1. The largest absolute Gasteiger partial charge is 0.476 e. The monoisotopic (exact) mass is 514 g/mol. The zero-order chi connectivity index (χ0) is 25.9. The number of imidazole rings is 1. The van der Waals surface area contributed by atoms with E-state index in [4.69, 9.17) is 26.1 Å². The van der Waals surface area contributed by atoms with E-state index >= 15 is 0 Å². The quantitative estimate of drug-likeness (QED) is 0.356. The second kappa shape index (κ2) is 10.9. The number of ether oxygens (including phenoxy) is 2. The highest BCUT2D eigenvalue weighted by molar-refractivity contribution is 6.30. The van der Waals surface area contributed by atoms with Crippen LogP contribution in [0.5, 0.6) is 5.88 Å². The van der Waals surface area contributed by atoms with Crippen molar-refractivity contribution in [3.8, 4) is 17.1 Å². The van der Waals surface area contributed by atoms with Crippen LogP contribution in [0.3, 0.4) is 0 Å². The number of carbonyl (C=O) groups is 1. The van der Waals surface area contributed by atoms with Gasteiger partial charge in [0.1, 0.15) is 12.2 Å². The maximum absolute atomic E-state index is 13.0. The Kier molecular flexibility index (Phi) is 7.93. The Morgan fingerprint density at radius 2 is 1.94 bits per heavy atom. The number of nitrogens with zero attached hydrogens (tertiary/aromatic N) is 4. The number of amides is 1. The fourth-order valence-corrected chi connectivity index (χ4v) is 4.56. The van der Waals surface area contributed by atoms with Gasteiger partial charge in [-0.25, -0.2) is 9.78 Å². The fraction of sp³-hybridized carbons (Fsp3) is 0.519. The van der Waals surface area contributed by atoms with Crippen LogP contribution in [-0.2, 0) is 11.3 Å². The summed E-state index contributed by atoms with van der Waals surface area (Å²) in [6.07, 6.45) is 6.20. The fourth-order valence-electron chi connectivity index (χ4n) is 4.44. The van der Waals surface area contributed by atoms with Crippen LogP contribution in [0.4, 0.5) is 4.79 Å². The molecular formula is C27H35ClN4O4. The molecule has 1 unspecified atom stereocenters. The van der Waals surface area contributed by atoms with Crippen molar-refractivity contribution in [1.29, 1.82) is 0 Å². The number of halogens is 1. The molecule has 4 rings (SSSR count). The van der Waals surface area contributed by atoms with Crippen molar-refractivity contribution in [2.45, 2.75) is 78.0 Å². The number of hydrogen-bond donors (Lipinski definition) is 0.